The van der Waals surface area contributed by atoms with Gasteiger partial charge in [0.1, 0.15) is 5.75 Å². The Balaban J connectivity index is 1.95. The topological polar surface area (TPSA) is 21.3 Å². The number of para-hydroxylation sites is 1. The average molecular weight is 263 g/mol. The van der Waals surface area contributed by atoms with Gasteiger partial charge in [-0.2, -0.15) is 0 Å². The molecule has 0 amide bonds. The van der Waals surface area contributed by atoms with Crippen LogP contribution in [0.1, 0.15) is 38.2 Å². The Kier molecular flexibility index (Phi) is 5.00. The Labute approximate surface area is 114 Å². The first-order valence-electron chi connectivity index (χ1n) is 6.60. The lowest BCUT2D eigenvalue weighted by Crippen LogP contribution is -2.19. The predicted octanol–water partition coefficient (Wildman–Crippen LogP) is 4.24. The van der Waals surface area contributed by atoms with Gasteiger partial charge in [-0.3, -0.25) is 0 Å². The lowest BCUT2D eigenvalue weighted by Gasteiger charge is -2.14. The van der Waals surface area contributed by atoms with E-state index in [1.807, 2.05) is 23.9 Å². The van der Waals surface area contributed by atoms with E-state index in [9.17, 15) is 0 Å². The van der Waals surface area contributed by atoms with Crippen LogP contribution in [0.25, 0.3) is 5.70 Å². The molecule has 0 radical (unpaired) electrons. The smallest absolute Gasteiger partial charge is 0.128 e. The summed E-state index contributed by atoms with van der Waals surface area (Å²) in [6.45, 7) is 2.24. The van der Waals surface area contributed by atoms with Crippen molar-refractivity contribution >= 4 is 17.5 Å². The van der Waals surface area contributed by atoms with E-state index in [0.717, 1.165) is 11.3 Å². The van der Waals surface area contributed by atoms with Gasteiger partial charge < -0.3 is 10.1 Å². The molecule has 2 rings (SSSR count). The minimum absolute atomic E-state index is 0.525. The van der Waals surface area contributed by atoms with Crippen molar-refractivity contribution in [2.75, 3.05) is 7.11 Å². The minimum Gasteiger partial charge on any atom is -0.496 e. The van der Waals surface area contributed by atoms with Gasteiger partial charge in [-0.05, 0) is 24.0 Å². The fourth-order valence-electron chi connectivity index (χ4n) is 2.12. The first-order valence-corrected chi connectivity index (χ1v) is 7.55. The fraction of sp³-hybridized carbons (Fsp3) is 0.467. The number of nitrogens with one attached hydrogen (secondary N) is 1. The molecule has 3 heteroatoms. The van der Waals surface area contributed by atoms with Gasteiger partial charge in [0.05, 0.1) is 18.2 Å². The van der Waals surface area contributed by atoms with Gasteiger partial charge >= 0.3 is 0 Å². The second-order valence-electron chi connectivity index (χ2n) is 4.50. The van der Waals surface area contributed by atoms with E-state index in [4.69, 9.17) is 4.74 Å². The molecule has 0 aromatic heterocycles. The number of rotatable bonds is 6. The third-order valence-corrected chi connectivity index (χ3v) is 4.19. The molecule has 1 aromatic carbocycles. The van der Waals surface area contributed by atoms with Crippen LogP contribution < -0.4 is 10.1 Å². The highest BCUT2D eigenvalue weighted by atomic mass is 32.2. The van der Waals surface area contributed by atoms with Gasteiger partial charge in [0.2, 0.25) is 0 Å². The second-order valence-corrected chi connectivity index (χ2v) is 5.57. The number of hydrogen-bond acceptors (Lipinski definition) is 3. The van der Waals surface area contributed by atoms with E-state index in [1.165, 1.54) is 31.4 Å². The van der Waals surface area contributed by atoms with E-state index in [0.29, 0.717) is 5.37 Å². The molecule has 1 heterocycles. The van der Waals surface area contributed by atoms with Crippen molar-refractivity contribution in [3.05, 3.63) is 35.2 Å². The van der Waals surface area contributed by atoms with Gasteiger partial charge in [-0.25, -0.2) is 0 Å². The highest BCUT2D eigenvalue weighted by Crippen LogP contribution is 2.33. The Morgan fingerprint density at radius 3 is 2.89 bits per heavy atom. The molecule has 18 heavy (non-hydrogen) atoms. The fourth-order valence-corrected chi connectivity index (χ4v) is 3.11. The maximum Gasteiger partial charge on any atom is 0.128 e. The van der Waals surface area contributed by atoms with Gasteiger partial charge in [-0.1, -0.05) is 38.3 Å². The normalized spacial score (nSPS) is 18.3. The van der Waals surface area contributed by atoms with E-state index in [2.05, 4.69) is 29.8 Å². The van der Waals surface area contributed by atoms with Crippen LogP contribution in [0.4, 0.5) is 0 Å². The van der Waals surface area contributed by atoms with Crippen molar-refractivity contribution in [2.24, 2.45) is 0 Å². The lowest BCUT2D eigenvalue weighted by molar-refractivity contribution is 0.413. The zero-order valence-electron chi connectivity index (χ0n) is 11.1. The lowest BCUT2D eigenvalue weighted by atomic mass is 10.1. The molecule has 1 aliphatic rings. The Bertz CT molecular complexity index is 417. The molecule has 0 aliphatic carbocycles. The summed E-state index contributed by atoms with van der Waals surface area (Å²) in [5.74, 6) is 0.936. The van der Waals surface area contributed by atoms with Crippen molar-refractivity contribution in [1.82, 2.24) is 5.32 Å². The minimum atomic E-state index is 0.525. The molecule has 1 unspecified atom stereocenters. The number of ether oxygens (including phenoxy) is 1. The molecule has 1 N–H and O–H groups in total. The largest absolute Gasteiger partial charge is 0.496 e. The number of thioether (sulfide) groups is 1. The van der Waals surface area contributed by atoms with Crippen LogP contribution in [0.2, 0.25) is 0 Å². The van der Waals surface area contributed by atoms with Crippen molar-refractivity contribution < 1.29 is 4.74 Å². The molecule has 0 bridgehead atoms. The Hall–Kier alpha value is -1.09. The summed E-state index contributed by atoms with van der Waals surface area (Å²) in [4.78, 5) is 0. The summed E-state index contributed by atoms with van der Waals surface area (Å²) < 4.78 is 5.40. The van der Waals surface area contributed by atoms with Crippen LogP contribution in [0.5, 0.6) is 5.75 Å². The van der Waals surface area contributed by atoms with Crippen molar-refractivity contribution in [3.63, 3.8) is 0 Å². The first kappa shape index (κ1) is 13.3. The first-order chi connectivity index (χ1) is 8.85. The van der Waals surface area contributed by atoms with Crippen molar-refractivity contribution in [3.8, 4) is 5.75 Å². The summed E-state index contributed by atoms with van der Waals surface area (Å²) in [6, 6.07) is 8.17. The monoisotopic (exact) mass is 263 g/mol. The molecule has 2 nitrogen and oxygen atoms in total. The van der Waals surface area contributed by atoms with Gasteiger partial charge in [-0.15, -0.1) is 11.8 Å². The molecule has 0 saturated heterocycles. The molecule has 0 spiro atoms. The summed E-state index contributed by atoms with van der Waals surface area (Å²) in [5, 5.41) is 6.33. The zero-order chi connectivity index (χ0) is 12.8. The Morgan fingerprint density at radius 1 is 1.28 bits per heavy atom. The molecule has 0 saturated carbocycles. The maximum absolute atomic E-state index is 5.40. The van der Waals surface area contributed by atoms with Crippen molar-refractivity contribution in [2.45, 2.75) is 38.0 Å². The number of unbranched alkanes of at least 4 members (excludes halogenated alkanes) is 2. The van der Waals surface area contributed by atoms with Crippen LogP contribution in [-0.4, -0.2) is 12.5 Å². The van der Waals surface area contributed by atoms with E-state index < -0.39 is 0 Å². The second kappa shape index (κ2) is 6.74. The summed E-state index contributed by atoms with van der Waals surface area (Å²) in [7, 11) is 1.72. The van der Waals surface area contributed by atoms with E-state index >= 15 is 0 Å². The average Bonchev–Trinajstić information content (AvgIpc) is 2.88. The number of benzene rings is 1. The molecular formula is C15H21NOS. The van der Waals surface area contributed by atoms with Gasteiger partial charge in [0.25, 0.3) is 0 Å². The number of hydrogen-bond donors (Lipinski definition) is 1. The summed E-state index contributed by atoms with van der Waals surface area (Å²) >= 11 is 1.89. The van der Waals surface area contributed by atoms with E-state index in [-0.39, 0.29) is 0 Å². The van der Waals surface area contributed by atoms with Gasteiger partial charge in [0.15, 0.2) is 0 Å². The highest BCUT2D eigenvalue weighted by molar-refractivity contribution is 8.03. The van der Waals surface area contributed by atoms with Crippen LogP contribution in [-0.2, 0) is 0 Å². The number of methoxy groups -OCH3 is 1. The van der Waals surface area contributed by atoms with Gasteiger partial charge in [0, 0.05) is 5.56 Å². The van der Waals surface area contributed by atoms with Crippen molar-refractivity contribution in [1.29, 1.82) is 0 Å². The molecule has 0 fully saturated rings. The van der Waals surface area contributed by atoms with Crippen LogP contribution in [0.3, 0.4) is 0 Å². The summed E-state index contributed by atoms with van der Waals surface area (Å²) in [5.41, 5.74) is 2.35. The third kappa shape index (κ3) is 3.22. The molecular weight excluding hydrogens is 242 g/mol. The molecule has 1 aromatic rings. The predicted molar refractivity (Wildman–Crippen MR) is 79.6 cm³/mol. The third-order valence-electron chi connectivity index (χ3n) is 3.13. The Morgan fingerprint density at radius 2 is 2.11 bits per heavy atom. The van der Waals surface area contributed by atoms with E-state index in [1.54, 1.807) is 7.11 Å². The highest BCUT2D eigenvalue weighted by Gasteiger charge is 2.19. The summed E-state index contributed by atoms with van der Waals surface area (Å²) in [6.07, 6.45) is 5.13. The molecule has 1 atom stereocenters. The molecule has 98 valence electrons. The SMILES string of the molecule is CCCCCC1NC(c2ccccc2OC)=CS1. The van der Waals surface area contributed by atoms with Crippen LogP contribution in [0, 0.1) is 0 Å². The standard InChI is InChI=1S/C15H21NOS/c1-3-4-5-10-15-16-13(11-18-15)12-8-6-7-9-14(12)17-2/h6-9,11,15-16H,3-5,10H2,1-2H3. The molecule has 1 aliphatic heterocycles. The van der Waals surface area contributed by atoms with Crippen LogP contribution >= 0.6 is 11.8 Å². The maximum atomic E-state index is 5.40. The zero-order valence-corrected chi connectivity index (χ0v) is 11.9. The quantitative estimate of drug-likeness (QED) is 0.776. The van der Waals surface area contributed by atoms with Crippen LogP contribution in [0.15, 0.2) is 29.7 Å².